The lowest BCUT2D eigenvalue weighted by Crippen LogP contribution is -2.34. The van der Waals surface area contributed by atoms with Gasteiger partial charge >= 0.3 is 0 Å². The van der Waals surface area contributed by atoms with Gasteiger partial charge in [0.2, 0.25) is 0 Å². The van der Waals surface area contributed by atoms with Gasteiger partial charge < -0.3 is 10.1 Å². The fourth-order valence-corrected chi connectivity index (χ4v) is 2.27. The van der Waals surface area contributed by atoms with Gasteiger partial charge in [-0.05, 0) is 51.0 Å². The Hall–Kier alpha value is -0.0800. The lowest BCUT2D eigenvalue weighted by molar-refractivity contribution is -0.00353. The molecule has 1 rings (SSSR count). The van der Waals surface area contributed by atoms with E-state index in [9.17, 15) is 0 Å². The summed E-state index contributed by atoms with van der Waals surface area (Å²) in [6, 6.07) is 0.495. The van der Waals surface area contributed by atoms with Gasteiger partial charge in [0, 0.05) is 6.04 Å². The van der Waals surface area contributed by atoms with Crippen molar-refractivity contribution < 1.29 is 4.74 Å². The molecule has 1 saturated carbocycles. The quantitative estimate of drug-likeness (QED) is 0.751. The summed E-state index contributed by atoms with van der Waals surface area (Å²) in [6.07, 6.45) is 6.82. The third kappa shape index (κ3) is 5.31. The van der Waals surface area contributed by atoms with E-state index in [-0.39, 0.29) is 0 Å². The highest BCUT2D eigenvalue weighted by Gasteiger charge is 2.27. The molecule has 0 aromatic carbocycles. The van der Waals surface area contributed by atoms with Crippen molar-refractivity contribution in [2.24, 2.45) is 5.41 Å². The molecule has 0 aromatic rings. The average molecular weight is 227 g/mol. The van der Waals surface area contributed by atoms with Crippen molar-refractivity contribution in [3.8, 4) is 0 Å². The van der Waals surface area contributed by atoms with E-state index in [1.165, 1.54) is 32.1 Å². The Morgan fingerprint density at radius 2 is 1.94 bits per heavy atom. The van der Waals surface area contributed by atoms with E-state index in [0.717, 1.165) is 13.2 Å². The summed E-state index contributed by atoms with van der Waals surface area (Å²) in [4.78, 5) is 0. The molecule has 0 radical (unpaired) electrons. The topological polar surface area (TPSA) is 21.3 Å². The van der Waals surface area contributed by atoms with Crippen LogP contribution in [-0.4, -0.2) is 25.3 Å². The average Bonchev–Trinajstić information content (AvgIpc) is 2.25. The summed E-state index contributed by atoms with van der Waals surface area (Å²) < 4.78 is 5.97. The van der Waals surface area contributed by atoms with Crippen molar-refractivity contribution >= 4 is 0 Å². The summed E-state index contributed by atoms with van der Waals surface area (Å²) in [6.45, 7) is 11.1. The molecule has 0 amide bonds. The number of rotatable bonds is 6. The van der Waals surface area contributed by atoms with Crippen molar-refractivity contribution in [2.75, 3.05) is 13.2 Å². The summed E-state index contributed by atoms with van der Waals surface area (Å²) in [5.74, 6) is 0. The SMILES string of the molecule is CCCNC(C)COC1CCC(C)(C)CC1. The zero-order chi connectivity index (χ0) is 12.0. The van der Waals surface area contributed by atoms with Crippen LogP contribution in [0.2, 0.25) is 0 Å². The first-order valence-corrected chi connectivity index (χ1v) is 6.88. The van der Waals surface area contributed by atoms with E-state index in [1.807, 2.05) is 0 Å². The fourth-order valence-electron chi connectivity index (χ4n) is 2.27. The van der Waals surface area contributed by atoms with Gasteiger partial charge in [-0.3, -0.25) is 0 Å². The van der Waals surface area contributed by atoms with Gasteiger partial charge in [-0.25, -0.2) is 0 Å². The van der Waals surface area contributed by atoms with Crippen LogP contribution in [0.25, 0.3) is 0 Å². The number of hydrogen-bond donors (Lipinski definition) is 1. The molecular weight excluding hydrogens is 198 g/mol. The molecule has 0 saturated heterocycles. The maximum atomic E-state index is 5.97. The Labute approximate surface area is 101 Å². The second-order valence-electron chi connectivity index (χ2n) is 6.05. The van der Waals surface area contributed by atoms with Crippen LogP contribution in [0.1, 0.15) is 59.8 Å². The van der Waals surface area contributed by atoms with Crippen LogP contribution in [0.5, 0.6) is 0 Å². The highest BCUT2D eigenvalue weighted by molar-refractivity contribution is 4.79. The third-order valence-corrected chi connectivity index (χ3v) is 3.61. The monoisotopic (exact) mass is 227 g/mol. The minimum absolute atomic E-state index is 0.495. The lowest BCUT2D eigenvalue weighted by Gasteiger charge is -2.34. The van der Waals surface area contributed by atoms with E-state index in [1.54, 1.807) is 0 Å². The van der Waals surface area contributed by atoms with Gasteiger partial charge in [-0.2, -0.15) is 0 Å². The summed E-state index contributed by atoms with van der Waals surface area (Å²) >= 11 is 0. The van der Waals surface area contributed by atoms with Crippen LogP contribution in [0.15, 0.2) is 0 Å². The normalized spacial score (nSPS) is 23.2. The molecule has 1 aliphatic carbocycles. The Morgan fingerprint density at radius 3 is 2.50 bits per heavy atom. The second kappa shape index (κ2) is 6.61. The van der Waals surface area contributed by atoms with Crippen LogP contribution >= 0.6 is 0 Å². The molecule has 0 aromatic heterocycles. The predicted octanol–water partition coefficient (Wildman–Crippen LogP) is 3.36. The van der Waals surface area contributed by atoms with E-state index < -0.39 is 0 Å². The molecule has 2 nitrogen and oxygen atoms in total. The van der Waals surface area contributed by atoms with Crippen molar-refractivity contribution in [3.05, 3.63) is 0 Å². The molecule has 0 bridgehead atoms. The molecule has 1 N–H and O–H groups in total. The maximum Gasteiger partial charge on any atom is 0.0620 e. The summed E-state index contributed by atoms with van der Waals surface area (Å²) in [5, 5.41) is 3.46. The molecular formula is C14H29NO. The number of ether oxygens (including phenoxy) is 1. The van der Waals surface area contributed by atoms with Gasteiger partial charge in [-0.15, -0.1) is 0 Å². The largest absolute Gasteiger partial charge is 0.377 e. The maximum absolute atomic E-state index is 5.97. The lowest BCUT2D eigenvalue weighted by atomic mass is 9.76. The van der Waals surface area contributed by atoms with Crippen molar-refractivity contribution in [2.45, 2.75) is 71.9 Å². The Kier molecular flexibility index (Phi) is 5.77. The summed E-state index contributed by atoms with van der Waals surface area (Å²) in [5.41, 5.74) is 0.548. The predicted molar refractivity (Wildman–Crippen MR) is 69.7 cm³/mol. The van der Waals surface area contributed by atoms with Crippen LogP contribution in [0, 0.1) is 5.41 Å². The minimum atomic E-state index is 0.495. The first-order valence-electron chi connectivity index (χ1n) is 6.88. The van der Waals surface area contributed by atoms with Gasteiger partial charge in [0.1, 0.15) is 0 Å². The van der Waals surface area contributed by atoms with E-state index >= 15 is 0 Å². The van der Waals surface area contributed by atoms with Crippen molar-refractivity contribution in [1.29, 1.82) is 0 Å². The zero-order valence-corrected chi connectivity index (χ0v) is 11.5. The van der Waals surface area contributed by atoms with Crippen LogP contribution < -0.4 is 5.32 Å². The van der Waals surface area contributed by atoms with E-state index in [4.69, 9.17) is 4.74 Å². The molecule has 1 atom stereocenters. The van der Waals surface area contributed by atoms with Gasteiger partial charge in [0.15, 0.2) is 0 Å². The Balaban J connectivity index is 2.10. The molecule has 1 aliphatic rings. The standard InChI is InChI=1S/C14H29NO/c1-5-10-15-12(2)11-16-13-6-8-14(3,4)9-7-13/h12-13,15H,5-11H2,1-4H3. The van der Waals surface area contributed by atoms with Crippen molar-refractivity contribution in [3.63, 3.8) is 0 Å². The molecule has 2 heteroatoms. The second-order valence-corrected chi connectivity index (χ2v) is 6.05. The smallest absolute Gasteiger partial charge is 0.0620 e. The number of nitrogens with one attached hydrogen (secondary N) is 1. The van der Waals surface area contributed by atoms with Gasteiger partial charge in [-0.1, -0.05) is 20.8 Å². The zero-order valence-electron chi connectivity index (χ0n) is 11.5. The summed E-state index contributed by atoms with van der Waals surface area (Å²) in [7, 11) is 0. The van der Waals surface area contributed by atoms with Crippen LogP contribution in [0.3, 0.4) is 0 Å². The Bertz CT molecular complexity index is 181. The molecule has 96 valence electrons. The van der Waals surface area contributed by atoms with Crippen LogP contribution in [-0.2, 0) is 4.74 Å². The molecule has 0 aliphatic heterocycles. The van der Waals surface area contributed by atoms with E-state index in [0.29, 0.717) is 17.6 Å². The number of hydrogen-bond acceptors (Lipinski definition) is 2. The highest BCUT2D eigenvalue weighted by atomic mass is 16.5. The Morgan fingerprint density at radius 1 is 1.31 bits per heavy atom. The fraction of sp³-hybridized carbons (Fsp3) is 1.00. The van der Waals surface area contributed by atoms with Crippen molar-refractivity contribution in [1.82, 2.24) is 5.32 Å². The van der Waals surface area contributed by atoms with E-state index in [2.05, 4.69) is 33.0 Å². The van der Waals surface area contributed by atoms with Gasteiger partial charge in [0.25, 0.3) is 0 Å². The molecule has 1 fully saturated rings. The van der Waals surface area contributed by atoms with Gasteiger partial charge in [0.05, 0.1) is 12.7 Å². The third-order valence-electron chi connectivity index (χ3n) is 3.61. The highest BCUT2D eigenvalue weighted by Crippen LogP contribution is 2.36. The molecule has 0 heterocycles. The first kappa shape index (κ1) is 14.0. The minimum Gasteiger partial charge on any atom is -0.377 e. The molecule has 16 heavy (non-hydrogen) atoms. The van der Waals surface area contributed by atoms with Crippen LogP contribution in [0.4, 0.5) is 0 Å². The molecule has 0 spiro atoms. The first-order chi connectivity index (χ1) is 7.53. The molecule has 1 unspecified atom stereocenters.